The zero-order valence-corrected chi connectivity index (χ0v) is 12.2. The molecule has 0 aliphatic heterocycles. The molecule has 0 aliphatic rings. The first-order valence-electron chi connectivity index (χ1n) is 4.91. The van der Waals surface area contributed by atoms with Gasteiger partial charge in [0.25, 0.3) is 0 Å². The van der Waals surface area contributed by atoms with Crippen LogP contribution in [0.15, 0.2) is 44.9 Å². The highest BCUT2D eigenvalue weighted by atomic mass is 79.9. The Morgan fingerprint density at radius 3 is 2.76 bits per heavy atom. The molecule has 0 unspecified atom stereocenters. The second-order valence-electron chi connectivity index (χ2n) is 3.56. The Bertz CT molecular complexity index is 543. The minimum Gasteiger partial charge on any atom is -0.398 e. The Morgan fingerprint density at radius 2 is 2.12 bits per heavy atom. The van der Waals surface area contributed by atoms with Crippen LogP contribution in [0.4, 0.5) is 5.69 Å². The van der Waals surface area contributed by atoms with Gasteiger partial charge < -0.3 is 5.73 Å². The van der Waals surface area contributed by atoms with Crippen molar-refractivity contribution in [3.05, 3.63) is 45.5 Å². The fourth-order valence-corrected chi connectivity index (χ4v) is 2.66. The van der Waals surface area contributed by atoms with Crippen molar-refractivity contribution in [2.45, 2.75) is 16.8 Å². The molecule has 88 valence electrons. The molecule has 2 nitrogen and oxygen atoms in total. The predicted molar refractivity (Wildman–Crippen MR) is 76.7 cm³/mol. The van der Waals surface area contributed by atoms with E-state index < -0.39 is 0 Å². The maximum atomic E-state index is 6.01. The van der Waals surface area contributed by atoms with Crippen LogP contribution >= 0.6 is 39.3 Å². The summed E-state index contributed by atoms with van der Waals surface area (Å²) in [5.41, 5.74) is 7.45. The molecule has 0 radical (unpaired) electrons. The number of hydrogen-bond acceptors (Lipinski definition) is 3. The van der Waals surface area contributed by atoms with Crippen molar-refractivity contribution in [1.82, 2.24) is 4.98 Å². The number of nitrogens with zero attached hydrogens (tertiary/aromatic N) is 1. The van der Waals surface area contributed by atoms with Gasteiger partial charge in [0.1, 0.15) is 5.03 Å². The van der Waals surface area contributed by atoms with E-state index in [1.807, 2.05) is 31.2 Å². The van der Waals surface area contributed by atoms with Crippen LogP contribution in [-0.4, -0.2) is 4.98 Å². The van der Waals surface area contributed by atoms with Crippen LogP contribution in [0.25, 0.3) is 0 Å². The van der Waals surface area contributed by atoms with Crippen LogP contribution in [0.5, 0.6) is 0 Å². The molecule has 0 aliphatic carbocycles. The number of nitrogens with two attached hydrogens (primary N) is 1. The molecule has 1 aromatic heterocycles. The molecule has 5 heteroatoms. The van der Waals surface area contributed by atoms with E-state index in [-0.39, 0.29) is 0 Å². The second-order valence-corrected chi connectivity index (χ2v) is 5.94. The highest BCUT2D eigenvalue weighted by molar-refractivity contribution is 9.10. The zero-order valence-electron chi connectivity index (χ0n) is 9.08. The van der Waals surface area contributed by atoms with Gasteiger partial charge in [-0.15, -0.1) is 0 Å². The van der Waals surface area contributed by atoms with Gasteiger partial charge in [-0.05, 0) is 52.7 Å². The van der Waals surface area contributed by atoms with Crippen LogP contribution in [0, 0.1) is 6.92 Å². The third-order valence-corrected chi connectivity index (χ3v) is 4.12. The fraction of sp³-hybridized carbons (Fsp3) is 0.0833. The summed E-state index contributed by atoms with van der Waals surface area (Å²) in [5, 5.41) is 1.51. The van der Waals surface area contributed by atoms with E-state index in [4.69, 9.17) is 17.3 Å². The predicted octanol–water partition coefficient (Wildman–Crippen LogP) is 4.54. The van der Waals surface area contributed by atoms with E-state index in [1.165, 1.54) is 0 Å². The van der Waals surface area contributed by atoms with E-state index in [2.05, 4.69) is 20.9 Å². The fourth-order valence-electron chi connectivity index (χ4n) is 1.33. The number of pyridine rings is 1. The maximum Gasteiger partial charge on any atom is 0.101 e. The third-order valence-electron chi connectivity index (χ3n) is 2.21. The summed E-state index contributed by atoms with van der Waals surface area (Å²) >= 11 is 10.9. The van der Waals surface area contributed by atoms with Crippen molar-refractivity contribution in [3.63, 3.8) is 0 Å². The Hall–Kier alpha value is -0.710. The quantitative estimate of drug-likeness (QED) is 0.822. The topological polar surface area (TPSA) is 38.9 Å². The van der Waals surface area contributed by atoms with Gasteiger partial charge in [-0.2, -0.15) is 0 Å². The molecular weight excluding hydrogens is 320 g/mol. The van der Waals surface area contributed by atoms with E-state index in [9.17, 15) is 0 Å². The Morgan fingerprint density at radius 1 is 1.35 bits per heavy atom. The number of nitrogen functional groups attached to an aromatic ring is 1. The van der Waals surface area contributed by atoms with E-state index in [0.29, 0.717) is 10.7 Å². The lowest BCUT2D eigenvalue weighted by atomic mass is 10.2. The van der Waals surface area contributed by atoms with Gasteiger partial charge in [-0.25, -0.2) is 4.98 Å². The minimum atomic E-state index is 0.579. The summed E-state index contributed by atoms with van der Waals surface area (Å²) in [6.45, 7) is 2.01. The highest BCUT2D eigenvalue weighted by Gasteiger charge is 2.06. The van der Waals surface area contributed by atoms with Crippen LogP contribution in [0.2, 0.25) is 5.02 Å². The number of aryl methyl sites for hydroxylation is 1. The number of benzene rings is 1. The summed E-state index contributed by atoms with van der Waals surface area (Å²) in [6.07, 6.45) is 1.77. The van der Waals surface area contributed by atoms with Gasteiger partial charge in [-0.3, -0.25) is 0 Å². The van der Waals surface area contributed by atoms with Gasteiger partial charge in [0.05, 0.1) is 10.7 Å². The zero-order chi connectivity index (χ0) is 12.4. The molecule has 17 heavy (non-hydrogen) atoms. The smallest absolute Gasteiger partial charge is 0.101 e. The highest BCUT2D eigenvalue weighted by Crippen LogP contribution is 2.33. The molecule has 1 heterocycles. The van der Waals surface area contributed by atoms with E-state index in [1.54, 1.807) is 18.0 Å². The Labute approximate surface area is 118 Å². The van der Waals surface area contributed by atoms with E-state index in [0.717, 1.165) is 20.0 Å². The molecule has 0 fully saturated rings. The average Bonchev–Trinajstić information content (AvgIpc) is 2.29. The van der Waals surface area contributed by atoms with Gasteiger partial charge in [-0.1, -0.05) is 23.4 Å². The number of hydrogen-bond donors (Lipinski definition) is 1. The largest absolute Gasteiger partial charge is 0.398 e. The number of halogens is 2. The molecule has 0 amide bonds. The lowest BCUT2D eigenvalue weighted by Crippen LogP contribution is -1.90. The third kappa shape index (κ3) is 3.15. The van der Waals surface area contributed by atoms with Crippen molar-refractivity contribution in [3.8, 4) is 0 Å². The van der Waals surface area contributed by atoms with Crippen LogP contribution < -0.4 is 5.73 Å². The lowest BCUT2D eigenvalue weighted by Gasteiger charge is -2.07. The van der Waals surface area contributed by atoms with Gasteiger partial charge in [0, 0.05) is 15.6 Å². The maximum absolute atomic E-state index is 6.01. The second kappa shape index (κ2) is 5.29. The summed E-state index contributed by atoms with van der Waals surface area (Å²) in [4.78, 5) is 5.38. The van der Waals surface area contributed by atoms with Crippen molar-refractivity contribution >= 4 is 45.0 Å². The first kappa shape index (κ1) is 12.7. The van der Waals surface area contributed by atoms with Crippen molar-refractivity contribution < 1.29 is 0 Å². The van der Waals surface area contributed by atoms with Crippen LogP contribution in [-0.2, 0) is 0 Å². The van der Waals surface area contributed by atoms with E-state index >= 15 is 0 Å². The monoisotopic (exact) mass is 328 g/mol. The number of aromatic nitrogens is 1. The standard InChI is InChI=1S/C12H10BrClN2S/c1-7-4-10(15)9(14)5-11(7)17-12-3-2-8(13)6-16-12/h2-6H,15H2,1H3. The summed E-state index contributed by atoms with van der Waals surface area (Å²) in [7, 11) is 0. The molecule has 2 N–H and O–H groups in total. The molecule has 2 rings (SSSR count). The molecule has 0 saturated heterocycles. The minimum absolute atomic E-state index is 0.579. The molecule has 0 atom stereocenters. The Kier molecular flexibility index (Phi) is 3.97. The van der Waals surface area contributed by atoms with Crippen molar-refractivity contribution in [2.75, 3.05) is 5.73 Å². The normalized spacial score (nSPS) is 10.5. The lowest BCUT2D eigenvalue weighted by molar-refractivity contribution is 1.12. The van der Waals surface area contributed by atoms with Crippen LogP contribution in [0.1, 0.15) is 5.56 Å². The number of anilines is 1. The molecule has 0 bridgehead atoms. The number of rotatable bonds is 2. The Balaban J connectivity index is 2.30. The van der Waals surface area contributed by atoms with Gasteiger partial charge >= 0.3 is 0 Å². The molecule has 0 spiro atoms. The van der Waals surface area contributed by atoms with Crippen LogP contribution in [0.3, 0.4) is 0 Å². The summed E-state index contributed by atoms with van der Waals surface area (Å²) < 4.78 is 0.967. The summed E-state index contributed by atoms with van der Waals surface area (Å²) in [5.74, 6) is 0. The molecule has 0 saturated carbocycles. The SMILES string of the molecule is Cc1cc(N)c(Cl)cc1Sc1ccc(Br)cn1. The van der Waals surface area contributed by atoms with Gasteiger partial charge in [0.15, 0.2) is 0 Å². The van der Waals surface area contributed by atoms with Gasteiger partial charge in [0.2, 0.25) is 0 Å². The first-order chi connectivity index (χ1) is 8.06. The molecule has 2 aromatic rings. The summed E-state index contributed by atoms with van der Waals surface area (Å²) in [6, 6.07) is 7.67. The van der Waals surface area contributed by atoms with Crippen molar-refractivity contribution in [2.24, 2.45) is 0 Å². The molecule has 1 aromatic carbocycles. The average molecular weight is 330 g/mol. The first-order valence-corrected chi connectivity index (χ1v) is 6.90. The molecular formula is C12H10BrClN2S. The van der Waals surface area contributed by atoms with Crippen molar-refractivity contribution in [1.29, 1.82) is 0 Å².